The van der Waals surface area contributed by atoms with E-state index in [1.807, 2.05) is 24.3 Å². The number of halogens is 1. The van der Waals surface area contributed by atoms with Crippen molar-refractivity contribution in [3.05, 3.63) is 65.4 Å². The summed E-state index contributed by atoms with van der Waals surface area (Å²) in [5.41, 5.74) is 2.06. The zero-order valence-electron chi connectivity index (χ0n) is 11.6. The van der Waals surface area contributed by atoms with Crippen molar-refractivity contribution in [1.29, 1.82) is 0 Å². The molecule has 4 heteroatoms. The summed E-state index contributed by atoms with van der Waals surface area (Å²) in [6.45, 7) is 0.661. The van der Waals surface area contributed by atoms with E-state index >= 15 is 0 Å². The first-order valence-electron chi connectivity index (χ1n) is 6.68. The second-order valence-electron chi connectivity index (χ2n) is 4.69. The molecule has 2 aromatic carbocycles. The van der Waals surface area contributed by atoms with E-state index in [9.17, 15) is 0 Å². The molecule has 106 valence electrons. The van der Waals surface area contributed by atoms with Crippen LogP contribution in [0.2, 0.25) is 5.15 Å². The summed E-state index contributed by atoms with van der Waals surface area (Å²) in [4.78, 5) is 4.07. The molecule has 0 aliphatic carbocycles. The zero-order chi connectivity index (χ0) is 14.7. The van der Waals surface area contributed by atoms with Gasteiger partial charge in [0.05, 0.1) is 19.0 Å². The highest BCUT2D eigenvalue weighted by atomic mass is 35.5. The molecule has 0 saturated heterocycles. The van der Waals surface area contributed by atoms with E-state index in [1.165, 1.54) is 10.8 Å². The molecule has 0 spiro atoms. The number of rotatable bonds is 4. The van der Waals surface area contributed by atoms with Gasteiger partial charge in [0.25, 0.3) is 0 Å². The normalized spacial score (nSPS) is 10.6. The van der Waals surface area contributed by atoms with Crippen LogP contribution in [0.15, 0.2) is 54.7 Å². The Morgan fingerprint density at radius 1 is 1.10 bits per heavy atom. The monoisotopic (exact) mass is 298 g/mol. The van der Waals surface area contributed by atoms with Crippen LogP contribution in [-0.4, -0.2) is 12.1 Å². The second-order valence-corrected chi connectivity index (χ2v) is 5.08. The van der Waals surface area contributed by atoms with Crippen molar-refractivity contribution < 1.29 is 4.74 Å². The lowest BCUT2D eigenvalue weighted by Crippen LogP contribution is -2.03. The van der Waals surface area contributed by atoms with Gasteiger partial charge in [-0.15, -0.1) is 0 Å². The standard InChI is InChI=1S/C17H15ClN2O/c1-21-16-8-6-12-4-2-3-5-14(12)15(16)11-19-13-7-9-17(18)20-10-13/h2-10,19H,11H2,1H3. The van der Waals surface area contributed by atoms with E-state index in [2.05, 4.69) is 28.5 Å². The molecule has 3 aromatic rings. The van der Waals surface area contributed by atoms with Gasteiger partial charge in [0.2, 0.25) is 0 Å². The smallest absolute Gasteiger partial charge is 0.129 e. The van der Waals surface area contributed by atoms with Crippen molar-refractivity contribution in [1.82, 2.24) is 4.98 Å². The van der Waals surface area contributed by atoms with Crippen molar-refractivity contribution in [3.63, 3.8) is 0 Å². The number of aromatic nitrogens is 1. The summed E-state index contributed by atoms with van der Waals surface area (Å²) in [5, 5.41) is 6.23. The second kappa shape index (κ2) is 6.02. The molecule has 0 aliphatic heterocycles. The van der Waals surface area contributed by atoms with Crippen LogP contribution in [0.4, 0.5) is 5.69 Å². The van der Waals surface area contributed by atoms with Gasteiger partial charge in [-0.1, -0.05) is 41.9 Å². The van der Waals surface area contributed by atoms with Crippen LogP contribution >= 0.6 is 11.6 Å². The number of hydrogen-bond acceptors (Lipinski definition) is 3. The Balaban J connectivity index is 1.93. The minimum Gasteiger partial charge on any atom is -0.496 e. The van der Waals surface area contributed by atoms with Gasteiger partial charge < -0.3 is 10.1 Å². The summed E-state index contributed by atoms with van der Waals surface area (Å²) >= 11 is 5.80. The Bertz CT molecular complexity index is 756. The molecule has 0 amide bonds. The zero-order valence-corrected chi connectivity index (χ0v) is 12.4. The largest absolute Gasteiger partial charge is 0.496 e. The van der Waals surface area contributed by atoms with E-state index in [1.54, 1.807) is 19.4 Å². The molecule has 1 aromatic heterocycles. The third-order valence-electron chi connectivity index (χ3n) is 3.41. The van der Waals surface area contributed by atoms with Crippen molar-refractivity contribution in [2.45, 2.75) is 6.54 Å². The van der Waals surface area contributed by atoms with E-state index in [4.69, 9.17) is 16.3 Å². The molecule has 1 heterocycles. The fraction of sp³-hybridized carbons (Fsp3) is 0.118. The van der Waals surface area contributed by atoms with Crippen LogP contribution in [0, 0.1) is 0 Å². The Morgan fingerprint density at radius 2 is 1.95 bits per heavy atom. The van der Waals surface area contributed by atoms with Gasteiger partial charge in [-0.05, 0) is 29.0 Å². The summed E-state index contributed by atoms with van der Waals surface area (Å²) in [6.07, 6.45) is 1.72. The lowest BCUT2D eigenvalue weighted by atomic mass is 10.0. The first kappa shape index (κ1) is 13.7. The van der Waals surface area contributed by atoms with Gasteiger partial charge >= 0.3 is 0 Å². The number of fused-ring (bicyclic) bond motifs is 1. The van der Waals surface area contributed by atoms with E-state index in [-0.39, 0.29) is 0 Å². The number of nitrogens with zero attached hydrogens (tertiary/aromatic N) is 1. The molecule has 3 rings (SSSR count). The predicted molar refractivity (Wildman–Crippen MR) is 87.1 cm³/mol. The molecule has 0 aliphatic rings. The van der Waals surface area contributed by atoms with Gasteiger partial charge in [0, 0.05) is 12.1 Å². The maximum atomic E-state index is 5.80. The predicted octanol–water partition coefficient (Wildman–Crippen LogP) is 4.51. The molecule has 3 nitrogen and oxygen atoms in total. The summed E-state index contributed by atoms with van der Waals surface area (Å²) in [5.74, 6) is 0.878. The maximum absolute atomic E-state index is 5.80. The fourth-order valence-corrected chi connectivity index (χ4v) is 2.47. The van der Waals surface area contributed by atoms with E-state index < -0.39 is 0 Å². The number of ether oxygens (including phenoxy) is 1. The average Bonchev–Trinajstić information content (AvgIpc) is 2.54. The molecule has 0 radical (unpaired) electrons. The minimum absolute atomic E-state index is 0.489. The molecule has 21 heavy (non-hydrogen) atoms. The third kappa shape index (κ3) is 2.93. The van der Waals surface area contributed by atoms with Gasteiger partial charge in [-0.3, -0.25) is 0 Å². The highest BCUT2D eigenvalue weighted by Gasteiger charge is 2.08. The molecular weight excluding hydrogens is 284 g/mol. The molecule has 0 unspecified atom stereocenters. The average molecular weight is 299 g/mol. The van der Waals surface area contributed by atoms with Gasteiger partial charge in [-0.2, -0.15) is 0 Å². The first-order chi connectivity index (χ1) is 10.3. The van der Waals surface area contributed by atoms with Crippen LogP contribution in [0.5, 0.6) is 5.75 Å². The Morgan fingerprint density at radius 3 is 2.71 bits per heavy atom. The van der Waals surface area contributed by atoms with Gasteiger partial charge in [0.1, 0.15) is 10.9 Å². The van der Waals surface area contributed by atoms with Crippen LogP contribution in [0.3, 0.4) is 0 Å². The van der Waals surface area contributed by atoms with Crippen LogP contribution in [0.25, 0.3) is 10.8 Å². The first-order valence-corrected chi connectivity index (χ1v) is 7.06. The van der Waals surface area contributed by atoms with Crippen molar-refractivity contribution >= 4 is 28.1 Å². The fourth-order valence-electron chi connectivity index (χ4n) is 2.36. The summed E-state index contributed by atoms with van der Waals surface area (Å²) in [7, 11) is 1.69. The summed E-state index contributed by atoms with van der Waals surface area (Å²) < 4.78 is 5.48. The number of benzene rings is 2. The minimum atomic E-state index is 0.489. The Hall–Kier alpha value is -2.26. The Kier molecular flexibility index (Phi) is 3.93. The maximum Gasteiger partial charge on any atom is 0.129 e. The molecule has 1 N–H and O–H groups in total. The number of hydrogen-bond donors (Lipinski definition) is 1. The SMILES string of the molecule is COc1ccc2ccccc2c1CNc1ccc(Cl)nc1. The number of anilines is 1. The molecule has 0 saturated carbocycles. The highest BCUT2D eigenvalue weighted by Crippen LogP contribution is 2.28. The lowest BCUT2D eigenvalue weighted by molar-refractivity contribution is 0.411. The topological polar surface area (TPSA) is 34.1 Å². The molecule has 0 bridgehead atoms. The van der Waals surface area contributed by atoms with Crippen molar-refractivity contribution in [2.24, 2.45) is 0 Å². The lowest BCUT2D eigenvalue weighted by Gasteiger charge is -2.13. The van der Waals surface area contributed by atoms with Crippen molar-refractivity contribution in [3.8, 4) is 5.75 Å². The van der Waals surface area contributed by atoms with Crippen molar-refractivity contribution in [2.75, 3.05) is 12.4 Å². The number of pyridine rings is 1. The van der Waals surface area contributed by atoms with Gasteiger partial charge in [-0.25, -0.2) is 4.98 Å². The van der Waals surface area contributed by atoms with Crippen LogP contribution in [-0.2, 0) is 6.54 Å². The third-order valence-corrected chi connectivity index (χ3v) is 3.64. The van der Waals surface area contributed by atoms with E-state index in [0.717, 1.165) is 17.0 Å². The molecular formula is C17H15ClN2O. The quantitative estimate of drug-likeness (QED) is 0.720. The Labute approximate surface area is 128 Å². The van der Waals surface area contributed by atoms with Crippen LogP contribution in [0.1, 0.15) is 5.56 Å². The summed E-state index contributed by atoms with van der Waals surface area (Å²) in [6, 6.07) is 16.0. The van der Waals surface area contributed by atoms with Gasteiger partial charge in [0.15, 0.2) is 0 Å². The van der Waals surface area contributed by atoms with E-state index in [0.29, 0.717) is 11.7 Å². The molecule has 0 atom stereocenters. The highest BCUT2D eigenvalue weighted by molar-refractivity contribution is 6.29. The van der Waals surface area contributed by atoms with Crippen LogP contribution < -0.4 is 10.1 Å². The number of methoxy groups -OCH3 is 1. The molecule has 0 fully saturated rings. The number of nitrogens with one attached hydrogen (secondary N) is 1.